The van der Waals surface area contributed by atoms with Gasteiger partial charge in [0, 0.05) is 19.0 Å². The van der Waals surface area contributed by atoms with E-state index in [2.05, 4.69) is 17.1 Å². The van der Waals surface area contributed by atoms with Crippen LogP contribution in [-0.4, -0.2) is 60.4 Å². The molecule has 1 saturated heterocycles. The molecule has 1 aliphatic carbocycles. The maximum absolute atomic E-state index is 12.9. The first-order chi connectivity index (χ1) is 9.34. The number of hydrogen-bond acceptors (Lipinski definition) is 3. The lowest BCUT2D eigenvalue weighted by Crippen LogP contribution is -2.58. The van der Waals surface area contributed by atoms with Crippen molar-refractivity contribution in [2.24, 2.45) is 5.92 Å². The van der Waals surface area contributed by atoms with E-state index in [0.29, 0.717) is 18.9 Å². The van der Waals surface area contributed by atoms with E-state index in [1.807, 2.05) is 25.9 Å². The van der Waals surface area contributed by atoms with Gasteiger partial charge in [0.1, 0.15) is 5.54 Å². The van der Waals surface area contributed by atoms with Gasteiger partial charge in [0.25, 0.3) is 0 Å². The molecule has 1 saturated carbocycles. The zero-order valence-electron chi connectivity index (χ0n) is 13.1. The predicted molar refractivity (Wildman–Crippen MR) is 78.2 cm³/mol. The van der Waals surface area contributed by atoms with Gasteiger partial charge >= 0.3 is 0 Å². The third kappa shape index (κ3) is 3.14. The van der Waals surface area contributed by atoms with Crippen molar-refractivity contribution in [2.45, 2.75) is 51.1 Å². The van der Waals surface area contributed by atoms with Crippen molar-refractivity contribution < 1.29 is 9.59 Å². The highest BCUT2D eigenvalue weighted by Gasteiger charge is 2.51. The van der Waals surface area contributed by atoms with Gasteiger partial charge in [0.05, 0.1) is 0 Å². The molecule has 0 spiro atoms. The Morgan fingerprint density at radius 1 is 1.40 bits per heavy atom. The zero-order valence-corrected chi connectivity index (χ0v) is 13.1. The molecule has 0 radical (unpaired) electrons. The van der Waals surface area contributed by atoms with E-state index in [1.165, 1.54) is 0 Å². The van der Waals surface area contributed by atoms with Crippen molar-refractivity contribution in [1.29, 1.82) is 0 Å². The summed E-state index contributed by atoms with van der Waals surface area (Å²) >= 11 is 0. The van der Waals surface area contributed by atoms with Crippen LogP contribution in [0, 0.1) is 5.92 Å². The van der Waals surface area contributed by atoms with Gasteiger partial charge in [-0.3, -0.25) is 9.59 Å². The summed E-state index contributed by atoms with van der Waals surface area (Å²) in [5.74, 6) is 0.438. The monoisotopic (exact) mass is 281 g/mol. The van der Waals surface area contributed by atoms with Gasteiger partial charge in [-0.1, -0.05) is 0 Å². The highest BCUT2D eigenvalue weighted by Crippen LogP contribution is 2.41. The Balaban J connectivity index is 2.11. The van der Waals surface area contributed by atoms with Gasteiger partial charge in [-0.15, -0.1) is 0 Å². The maximum atomic E-state index is 12.9. The molecule has 1 N–H and O–H groups in total. The van der Waals surface area contributed by atoms with Crippen molar-refractivity contribution in [3.8, 4) is 0 Å². The van der Waals surface area contributed by atoms with Crippen molar-refractivity contribution in [1.82, 2.24) is 15.1 Å². The first-order valence-electron chi connectivity index (χ1n) is 7.61. The molecule has 5 heteroatoms. The van der Waals surface area contributed by atoms with Gasteiger partial charge in [-0.05, 0) is 59.7 Å². The average Bonchev–Trinajstić information content (AvgIpc) is 3.19. The molecule has 114 valence electrons. The van der Waals surface area contributed by atoms with Crippen LogP contribution in [0.15, 0.2) is 0 Å². The largest absolute Gasteiger partial charge is 0.342 e. The van der Waals surface area contributed by atoms with Gasteiger partial charge < -0.3 is 15.1 Å². The SMILES string of the molecule is CC(CCN(C)C)N1CCC(=O)NC(C)(C2CC2)C1=O. The molecule has 2 atom stereocenters. The molecule has 2 amide bonds. The summed E-state index contributed by atoms with van der Waals surface area (Å²) in [5, 5.41) is 2.98. The standard InChI is InChI=1S/C15H27N3O2/c1-11(7-9-17(3)4)18-10-8-13(19)16-15(2,14(18)20)12-5-6-12/h11-12H,5-10H2,1-4H3,(H,16,19). The van der Waals surface area contributed by atoms with Crippen LogP contribution in [0.4, 0.5) is 0 Å². The van der Waals surface area contributed by atoms with E-state index in [0.717, 1.165) is 25.8 Å². The lowest BCUT2D eigenvalue weighted by Gasteiger charge is -2.36. The van der Waals surface area contributed by atoms with E-state index in [4.69, 9.17) is 0 Å². The van der Waals surface area contributed by atoms with Gasteiger partial charge in [-0.2, -0.15) is 0 Å². The first-order valence-corrected chi connectivity index (χ1v) is 7.61. The molecule has 1 heterocycles. The summed E-state index contributed by atoms with van der Waals surface area (Å²) in [4.78, 5) is 28.8. The molecule has 2 aliphatic rings. The van der Waals surface area contributed by atoms with E-state index in [9.17, 15) is 9.59 Å². The number of hydrogen-bond donors (Lipinski definition) is 1. The van der Waals surface area contributed by atoms with E-state index in [-0.39, 0.29) is 17.9 Å². The van der Waals surface area contributed by atoms with E-state index in [1.54, 1.807) is 0 Å². The Morgan fingerprint density at radius 2 is 2.05 bits per heavy atom. The second kappa shape index (κ2) is 5.72. The number of rotatable bonds is 5. The lowest BCUT2D eigenvalue weighted by molar-refractivity contribution is -0.141. The number of nitrogens with zero attached hydrogens (tertiary/aromatic N) is 2. The second-order valence-corrected chi connectivity index (χ2v) is 6.71. The minimum atomic E-state index is -0.681. The fourth-order valence-electron chi connectivity index (χ4n) is 2.99. The van der Waals surface area contributed by atoms with Crippen LogP contribution in [-0.2, 0) is 9.59 Å². The topological polar surface area (TPSA) is 52.6 Å². The van der Waals surface area contributed by atoms with Gasteiger partial charge in [-0.25, -0.2) is 0 Å². The van der Waals surface area contributed by atoms with Crippen LogP contribution in [0.25, 0.3) is 0 Å². The number of carbonyl (C=O) groups excluding carboxylic acids is 2. The Labute approximate surface area is 121 Å². The van der Waals surface area contributed by atoms with Crippen LogP contribution >= 0.6 is 0 Å². The summed E-state index contributed by atoms with van der Waals surface area (Å²) in [6.45, 7) is 5.49. The smallest absolute Gasteiger partial charge is 0.248 e. The number of carbonyl (C=O) groups is 2. The van der Waals surface area contributed by atoms with Gasteiger partial charge in [0.2, 0.25) is 11.8 Å². The first kappa shape index (κ1) is 15.3. The van der Waals surface area contributed by atoms with Crippen molar-refractivity contribution in [3.05, 3.63) is 0 Å². The molecule has 2 fully saturated rings. The molecular formula is C15H27N3O2. The fraction of sp³-hybridized carbons (Fsp3) is 0.867. The molecule has 0 aromatic heterocycles. The summed E-state index contributed by atoms with van der Waals surface area (Å²) in [5.41, 5.74) is -0.681. The Morgan fingerprint density at radius 3 is 2.60 bits per heavy atom. The van der Waals surface area contributed by atoms with Gasteiger partial charge in [0.15, 0.2) is 0 Å². The van der Waals surface area contributed by atoms with E-state index < -0.39 is 5.54 Å². The molecule has 2 rings (SSSR count). The fourth-order valence-corrected chi connectivity index (χ4v) is 2.99. The molecule has 20 heavy (non-hydrogen) atoms. The minimum absolute atomic E-state index is 0.00931. The zero-order chi connectivity index (χ0) is 14.9. The summed E-state index contributed by atoms with van der Waals surface area (Å²) in [6.07, 6.45) is 3.44. The predicted octanol–water partition coefficient (Wildman–Crippen LogP) is 0.844. The average molecular weight is 281 g/mol. The molecule has 5 nitrogen and oxygen atoms in total. The number of amides is 2. The normalized spacial score (nSPS) is 29.4. The number of nitrogens with one attached hydrogen (secondary N) is 1. The van der Waals surface area contributed by atoms with Crippen LogP contribution in [0.3, 0.4) is 0 Å². The molecule has 1 aliphatic heterocycles. The highest BCUT2D eigenvalue weighted by atomic mass is 16.2. The molecule has 0 aromatic rings. The third-order valence-corrected chi connectivity index (χ3v) is 4.60. The van der Waals surface area contributed by atoms with Crippen LogP contribution in [0.5, 0.6) is 0 Å². The Hall–Kier alpha value is -1.10. The van der Waals surface area contributed by atoms with Crippen LogP contribution in [0.1, 0.15) is 39.5 Å². The molecular weight excluding hydrogens is 254 g/mol. The van der Waals surface area contributed by atoms with Crippen molar-refractivity contribution in [3.63, 3.8) is 0 Å². The lowest BCUT2D eigenvalue weighted by atomic mass is 9.93. The van der Waals surface area contributed by atoms with E-state index >= 15 is 0 Å². The molecule has 0 bridgehead atoms. The molecule has 2 unspecified atom stereocenters. The highest BCUT2D eigenvalue weighted by molar-refractivity contribution is 5.94. The van der Waals surface area contributed by atoms with Crippen molar-refractivity contribution in [2.75, 3.05) is 27.2 Å². The minimum Gasteiger partial charge on any atom is -0.342 e. The Kier molecular flexibility index (Phi) is 4.37. The summed E-state index contributed by atoms with van der Waals surface area (Å²) in [6, 6.07) is 0.177. The summed E-state index contributed by atoms with van der Waals surface area (Å²) < 4.78 is 0. The quantitative estimate of drug-likeness (QED) is 0.812. The van der Waals surface area contributed by atoms with Crippen LogP contribution < -0.4 is 5.32 Å². The Bertz CT molecular complexity index is 393. The maximum Gasteiger partial charge on any atom is 0.248 e. The third-order valence-electron chi connectivity index (χ3n) is 4.60. The van der Waals surface area contributed by atoms with Crippen molar-refractivity contribution >= 4 is 11.8 Å². The van der Waals surface area contributed by atoms with Crippen LogP contribution in [0.2, 0.25) is 0 Å². The molecule has 0 aromatic carbocycles. The second-order valence-electron chi connectivity index (χ2n) is 6.71. The summed E-state index contributed by atoms with van der Waals surface area (Å²) in [7, 11) is 4.08.